The highest BCUT2D eigenvalue weighted by molar-refractivity contribution is 4.99. The quantitative estimate of drug-likeness (QED) is 0.359. The molecule has 0 unspecified atom stereocenters. The van der Waals surface area contributed by atoms with Gasteiger partial charge in [-0.25, -0.2) is 0 Å². The molecule has 0 atom stereocenters. The van der Waals surface area contributed by atoms with E-state index in [1.165, 1.54) is 103 Å². The monoisotopic (exact) mass is 440 g/mol. The summed E-state index contributed by atoms with van der Waals surface area (Å²) in [5.74, 6) is 6.77. The summed E-state index contributed by atoms with van der Waals surface area (Å²) in [4.78, 5) is 0. The van der Waals surface area contributed by atoms with Gasteiger partial charge >= 0.3 is 0 Å². The van der Waals surface area contributed by atoms with E-state index in [0.29, 0.717) is 6.10 Å². The van der Waals surface area contributed by atoms with E-state index in [1.54, 1.807) is 0 Å². The van der Waals surface area contributed by atoms with Crippen molar-refractivity contribution in [1.29, 1.82) is 0 Å². The third-order valence-electron chi connectivity index (χ3n) is 10.0. The van der Waals surface area contributed by atoms with Crippen molar-refractivity contribution in [3.05, 3.63) is 24.3 Å². The highest BCUT2D eigenvalue weighted by atomic mass is 16.5. The zero-order valence-corrected chi connectivity index (χ0v) is 21.4. The Bertz CT molecular complexity index is 559. The smallest absolute Gasteiger partial charge is 0.0575 e. The average Bonchev–Trinajstić information content (AvgIpc) is 2.85. The molecule has 0 radical (unpaired) electrons. The predicted molar refractivity (Wildman–Crippen MR) is 138 cm³/mol. The summed E-state index contributed by atoms with van der Waals surface area (Å²) in [6.45, 7) is 5.22. The molecule has 0 aromatic carbocycles. The summed E-state index contributed by atoms with van der Waals surface area (Å²) in [6, 6.07) is 0. The molecular formula is C31H52O. The van der Waals surface area contributed by atoms with E-state index in [9.17, 15) is 0 Å². The van der Waals surface area contributed by atoms with Crippen LogP contribution in [0.1, 0.15) is 117 Å². The lowest BCUT2D eigenvalue weighted by Gasteiger charge is -2.41. The van der Waals surface area contributed by atoms with Crippen molar-refractivity contribution in [3.8, 4) is 0 Å². The van der Waals surface area contributed by atoms with Crippen molar-refractivity contribution in [2.75, 3.05) is 6.61 Å². The maximum absolute atomic E-state index is 5.88. The van der Waals surface area contributed by atoms with E-state index in [-0.39, 0.29) is 0 Å². The van der Waals surface area contributed by atoms with E-state index in [2.05, 4.69) is 38.2 Å². The van der Waals surface area contributed by atoms with Crippen molar-refractivity contribution < 1.29 is 4.74 Å². The van der Waals surface area contributed by atoms with Crippen LogP contribution in [-0.4, -0.2) is 12.7 Å². The minimum absolute atomic E-state index is 0.574. The van der Waals surface area contributed by atoms with E-state index in [4.69, 9.17) is 4.74 Å². The van der Waals surface area contributed by atoms with E-state index >= 15 is 0 Å². The van der Waals surface area contributed by atoms with Gasteiger partial charge in [0.05, 0.1) is 6.10 Å². The topological polar surface area (TPSA) is 9.23 Å². The molecule has 4 aliphatic rings. The van der Waals surface area contributed by atoms with E-state index in [0.717, 1.165) is 48.0 Å². The minimum atomic E-state index is 0.574. The third-order valence-corrected chi connectivity index (χ3v) is 10.0. The van der Waals surface area contributed by atoms with Crippen LogP contribution in [-0.2, 0) is 4.74 Å². The molecule has 0 amide bonds. The van der Waals surface area contributed by atoms with E-state index < -0.39 is 0 Å². The average molecular weight is 441 g/mol. The Morgan fingerprint density at radius 3 is 1.25 bits per heavy atom. The highest BCUT2D eigenvalue weighted by Gasteiger charge is 2.34. The lowest BCUT2D eigenvalue weighted by Crippen LogP contribution is -2.31. The molecule has 0 aliphatic heterocycles. The largest absolute Gasteiger partial charge is 0.379 e. The number of allylic oxidation sites excluding steroid dienone is 4. The van der Waals surface area contributed by atoms with Crippen molar-refractivity contribution in [2.45, 2.75) is 123 Å². The Labute approximate surface area is 199 Å². The molecule has 0 aromatic rings. The van der Waals surface area contributed by atoms with Crippen LogP contribution >= 0.6 is 0 Å². The minimum Gasteiger partial charge on any atom is -0.379 e. The Morgan fingerprint density at radius 2 is 0.844 bits per heavy atom. The van der Waals surface area contributed by atoms with Gasteiger partial charge in [0.1, 0.15) is 0 Å². The Kier molecular flexibility index (Phi) is 9.81. The van der Waals surface area contributed by atoms with Crippen molar-refractivity contribution in [1.82, 2.24) is 0 Å². The molecule has 0 heterocycles. The Hall–Kier alpha value is -0.560. The molecule has 4 rings (SSSR count). The third kappa shape index (κ3) is 6.97. The van der Waals surface area contributed by atoms with Crippen LogP contribution in [0.5, 0.6) is 0 Å². The van der Waals surface area contributed by atoms with Crippen LogP contribution in [0, 0.1) is 41.4 Å². The molecular weight excluding hydrogens is 388 g/mol. The molecule has 0 spiro atoms. The summed E-state index contributed by atoms with van der Waals surface area (Å²) in [5, 5.41) is 0. The lowest BCUT2D eigenvalue weighted by atomic mass is 9.65. The fourth-order valence-corrected chi connectivity index (χ4v) is 7.98. The van der Waals surface area contributed by atoms with E-state index in [1.807, 2.05) is 0 Å². The number of ether oxygens (including phenoxy) is 1. The zero-order chi connectivity index (χ0) is 22.2. The van der Waals surface area contributed by atoms with Crippen LogP contribution in [0.25, 0.3) is 0 Å². The second kappa shape index (κ2) is 12.8. The molecule has 32 heavy (non-hydrogen) atoms. The van der Waals surface area contributed by atoms with Gasteiger partial charge in [0.15, 0.2) is 0 Å². The standard InChI is InChI=1S/C31H52O/c1-3-5-24-6-8-25(9-7-24)10-11-26-12-14-27(15-13-26)28-16-18-29(19-17-28)30-20-22-31(23-21-30)32-4-2/h3,5,10-11,24-31H,4,6-9,12-23H2,1-2H3/b5-3+,11-10+. The molecule has 1 heteroatoms. The molecule has 0 bridgehead atoms. The SMILES string of the molecule is C/C=C/C1CCC(/C=C/C2CCC(C3CCC(C4CCC(OCC)CC4)CC3)CC2)CC1. The van der Waals surface area contributed by atoms with Gasteiger partial charge in [-0.15, -0.1) is 0 Å². The number of rotatable bonds is 7. The van der Waals surface area contributed by atoms with Gasteiger partial charge in [0, 0.05) is 6.61 Å². The first-order valence-electron chi connectivity index (χ1n) is 14.7. The van der Waals surface area contributed by atoms with Crippen LogP contribution in [0.2, 0.25) is 0 Å². The molecule has 4 fully saturated rings. The zero-order valence-electron chi connectivity index (χ0n) is 21.4. The maximum Gasteiger partial charge on any atom is 0.0575 e. The van der Waals surface area contributed by atoms with Crippen LogP contribution < -0.4 is 0 Å². The summed E-state index contributed by atoms with van der Waals surface area (Å²) in [6.07, 6.45) is 33.8. The van der Waals surface area contributed by atoms with Crippen molar-refractivity contribution >= 4 is 0 Å². The molecule has 0 saturated heterocycles. The van der Waals surface area contributed by atoms with Gasteiger partial charge < -0.3 is 4.74 Å². The molecule has 4 saturated carbocycles. The fraction of sp³-hybridized carbons (Fsp3) is 0.871. The van der Waals surface area contributed by atoms with Gasteiger partial charge in [0.25, 0.3) is 0 Å². The highest BCUT2D eigenvalue weighted by Crippen LogP contribution is 2.45. The van der Waals surface area contributed by atoms with Gasteiger partial charge in [-0.3, -0.25) is 0 Å². The summed E-state index contributed by atoms with van der Waals surface area (Å²) >= 11 is 0. The predicted octanol–water partition coefficient (Wildman–Crippen LogP) is 9.13. The maximum atomic E-state index is 5.88. The molecule has 4 aliphatic carbocycles. The molecule has 1 nitrogen and oxygen atoms in total. The van der Waals surface area contributed by atoms with Gasteiger partial charge in [-0.2, -0.15) is 0 Å². The van der Waals surface area contributed by atoms with Crippen molar-refractivity contribution in [2.24, 2.45) is 41.4 Å². The second-order valence-electron chi connectivity index (χ2n) is 11.9. The summed E-state index contributed by atoms with van der Waals surface area (Å²) in [7, 11) is 0. The summed E-state index contributed by atoms with van der Waals surface area (Å²) < 4.78 is 5.88. The number of hydrogen-bond acceptors (Lipinski definition) is 1. The first kappa shape index (κ1) is 24.6. The molecule has 182 valence electrons. The normalized spacial score (nSPS) is 41.9. The van der Waals surface area contributed by atoms with Crippen LogP contribution in [0.4, 0.5) is 0 Å². The van der Waals surface area contributed by atoms with Crippen LogP contribution in [0.3, 0.4) is 0 Å². The molecule has 0 N–H and O–H groups in total. The van der Waals surface area contributed by atoms with Gasteiger partial charge in [-0.1, -0.05) is 24.3 Å². The van der Waals surface area contributed by atoms with Gasteiger partial charge in [-0.05, 0) is 158 Å². The number of hydrogen-bond donors (Lipinski definition) is 0. The van der Waals surface area contributed by atoms with Crippen LogP contribution in [0.15, 0.2) is 24.3 Å². The Balaban J connectivity index is 1.12. The van der Waals surface area contributed by atoms with Crippen molar-refractivity contribution in [3.63, 3.8) is 0 Å². The second-order valence-corrected chi connectivity index (χ2v) is 11.9. The first-order valence-corrected chi connectivity index (χ1v) is 14.7. The molecule has 0 aromatic heterocycles. The first-order chi connectivity index (χ1) is 15.7. The van der Waals surface area contributed by atoms with Gasteiger partial charge in [0.2, 0.25) is 0 Å². The lowest BCUT2D eigenvalue weighted by molar-refractivity contribution is 0.0117. The summed E-state index contributed by atoms with van der Waals surface area (Å²) in [5.41, 5.74) is 0. The fourth-order valence-electron chi connectivity index (χ4n) is 7.98. The Morgan fingerprint density at radius 1 is 0.500 bits per heavy atom.